The van der Waals surface area contributed by atoms with E-state index in [-0.39, 0.29) is 25.8 Å². The molecule has 0 saturated carbocycles. The fourth-order valence-corrected chi connectivity index (χ4v) is 3.79. The van der Waals surface area contributed by atoms with Crippen molar-refractivity contribution >= 4 is 27.5 Å². The minimum atomic E-state index is -3.92. The number of hydroxylamine groups is 1. The van der Waals surface area contributed by atoms with Crippen molar-refractivity contribution in [3.8, 4) is 0 Å². The minimum absolute atomic E-state index is 0.000960. The molecule has 0 radical (unpaired) electrons. The number of sulfone groups is 1. The highest BCUT2D eigenvalue weighted by molar-refractivity contribution is 7.92. The van der Waals surface area contributed by atoms with Crippen molar-refractivity contribution in [2.45, 2.75) is 43.5 Å². The third kappa shape index (κ3) is 4.76. The van der Waals surface area contributed by atoms with Gasteiger partial charge >= 0.3 is 6.09 Å². The van der Waals surface area contributed by atoms with E-state index in [9.17, 15) is 26.8 Å². The zero-order chi connectivity index (χ0) is 21.1. The highest BCUT2D eigenvalue weighted by Gasteiger charge is 2.48. The predicted molar refractivity (Wildman–Crippen MR) is 96.2 cm³/mol. The van der Waals surface area contributed by atoms with Crippen LogP contribution in [-0.2, 0) is 25.8 Å². The Balaban J connectivity index is 2.11. The molecule has 0 bridgehead atoms. The van der Waals surface area contributed by atoms with Crippen molar-refractivity contribution in [3.63, 3.8) is 0 Å². The number of carbonyl (C=O) groups is 2. The highest BCUT2D eigenvalue weighted by atomic mass is 32.2. The van der Waals surface area contributed by atoms with Crippen molar-refractivity contribution in [2.75, 3.05) is 17.7 Å². The van der Waals surface area contributed by atoms with Gasteiger partial charge in [0.15, 0.2) is 14.6 Å². The van der Waals surface area contributed by atoms with Crippen LogP contribution in [0.4, 0.5) is 19.3 Å². The number of alkyl halides is 2. The molecule has 2 N–H and O–H groups in total. The fourth-order valence-electron chi connectivity index (χ4n) is 2.92. The SMILES string of the molecule is CC(CC1CN(c2ccc(CCC(F)F)cc2)C(=O)O1)(C(=O)NO)S(C)(=O)=O. The maximum absolute atomic E-state index is 12.3. The van der Waals surface area contributed by atoms with E-state index in [1.807, 2.05) is 0 Å². The molecule has 2 atom stereocenters. The first-order valence-electron chi connectivity index (χ1n) is 8.47. The van der Waals surface area contributed by atoms with Gasteiger partial charge in [-0.3, -0.25) is 14.9 Å². The van der Waals surface area contributed by atoms with Crippen LogP contribution in [0, 0.1) is 0 Å². The van der Waals surface area contributed by atoms with Gasteiger partial charge in [0.05, 0.1) is 6.54 Å². The van der Waals surface area contributed by atoms with Gasteiger partial charge in [0.25, 0.3) is 5.91 Å². The van der Waals surface area contributed by atoms with E-state index in [2.05, 4.69) is 0 Å². The van der Waals surface area contributed by atoms with Gasteiger partial charge in [0.1, 0.15) is 6.10 Å². The molecule has 0 aromatic heterocycles. The summed E-state index contributed by atoms with van der Waals surface area (Å²) in [6.07, 6.45) is -3.55. The lowest BCUT2D eigenvalue weighted by Crippen LogP contribution is -2.51. The molecule has 1 aliphatic rings. The topological polar surface area (TPSA) is 113 Å². The number of rotatable bonds is 8. The predicted octanol–water partition coefficient (Wildman–Crippen LogP) is 1.91. The monoisotopic (exact) mass is 420 g/mol. The number of nitrogens with one attached hydrogen (secondary N) is 1. The smallest absolute Gasteiger partial charge is 0.414 e. The Hall–Kier alpha value is -2.27. The quantitative estimate of drug-likeness (QED) is 0.491. The van der Waals surface area contributed by atoms with Gasteiger partial charge < -0.3 is 4.74 Å². The highest BCUT2D eigenvalue weighted by Crippen LogP contribution is 2.30. The van der Waals surface area contributed by atoms with Crippen LogP contribution < -0.4 is 10.4 Å². The number of hydrogen-bond donors (Lipinski definition) is 2. The van der Waals surface area contributed by atoms with Crippen LogP contribution in [0.1, 0.15) is 25.3 Å². The largest absolute Gasteiger partial charge is 0.444 e. The maximum Gasteiger partial charge on any atom is 0.414 e. The number of anilines is 1. The molecule has 0 spiro atoms. The summed E-state index contributed by atoms with van der Waals surface area (Å²) >= 11 is 0. The molecule has 8 nitrogen and oxygen atoms in total. The van der Waals surface area contributed by atoms with Gasteiger partial charge in [-0.2, -0.15) is 0 Å². The summed E-state index contributed by atoms with van der Waals surface area (Å²) in [6.45, 7) is 1.14. The number of halogens is 2. The fraction of sp³-hybridized carbons (Fsp3) is 0.529. The van der Waals surface area contributed by atoms with Crippen LogP contribution >= 0.6 is 0 Å². The van der Waals surface area contributed by atoms with Crippen molar-refractivity contribution in [1.29, 1.82) is 0 Å². The molecule has 1 aromatic carbocycles. The van der Waals surface area contributed by atoms with Crippen LogP contribution in [-0.4, -0.2) is 55.7 Å². The van der Waals surface area contributed by atoms with E-state index in [0.717, 1.165) is 13.2 Å². The maximum atomic E-state index is 12.3. The number of aryl methyl sites for hydroxylation is 1. The Bertz CT molecular complexity index is 831. The number of carbonyl (C=O) groups excluding carboxylic acids is 2. The second-order valence-electron chi connectivity index (χ2n) is 6.86. The molecule has 156 valence electrons. The Morgan fingerprint density at radius 2 is 2.00 bits per heavy atom. The lowest BCUT2D eigenvalue weighted by molar-refractivity contribution is -0.132. The average Bonchev–Trinajstić information content (AvgIpc) is 2.98. The second-order valence-corrected chi connectivity index (χ2v) is 9.31. The summed E-state index contributed by atoms with van der Waals surface area (Å²) in [5.74, 6) is -1.12. The van der Waals surface area contributed by atoms with E-state index in [1.54, 1.807) is 24.3 Å². The molecular formula is C17H22F2N2O6S. The van der Waals surface area contributed by atoms with E-state index in [4.69, 9.17) is 9.94 Å². The summed E-state index contributed by atoms with van der Waals surface area (Å²) in [6, 6.07) is 6.41. The second kappa shape index (κ2) is 8.39. The molecular weight excluding hydrogens is 398 g/mol. The van der Waals surface area contributed by atoms with Crippen LogP contribution in [0.15, 0.2) is 24.3 Å². The Kier molecular flexibility index (Phi) is 6.60. The molecule has 0 aliphatic carbocycles. The van der Waals surface area contributed by atoms with Crippen LogP contribution in [0.2, 0.25) is 0 Å². The Morgan fingerprint density at radius 3 is 2.50 bits per heavy atom. The van der Waals surface area contributed by atoms with Crippen LogP contribution in [0.3, 0.4) is 0 Å². The van der Waals surface area contributed by atoms with Gasteiger partial charge in [-0.25, -0.2) is 27.5 Å². The van der Waals surface area contributed by atoms with Crippen LogP contribution in [0.25, 0.3) is 0 Å². The third-order valence-corrected chi connectivity index (χ3v) is 6.78. The number of benzene rings is 1. The number of cyclic esters (lactones) is 1. The molecule has 11 heteroatoms. The van der Waals surface area contributed by atoms with E-state index < -0.39 is 39.1 Å². The molecule has 1 saturated heterocycles. The summed E-state index contributed by atoms with van der Waals surface area (Å²) in [4.78, 5) is 25.3. The van der Waals surface area contributed by atoms with Gasteiger partial charge in [-0.15, -0.1) is 0 Å². The molecule has 1 aliphatic heterocycles. The lowest BCUT2D eigenvalue weighted by atomic mass is 10.0. The Labute approximate surface area is 161 Å². The molecule has 2 rings (SSSR count). The van der Waals surface area contributed by atoms with Crippen LogP contribution in [0.5, 0.6) is 0 Å². The van der Waals surface area contributed by atoms with E-state index in [1.165, 1.54) is 10.4 Å². The van der Waals surface area contributed by atoms with Crippen molar-refractivity contribution in [1.82, 2.24) is 5.48 Å². The number of ether oxygens (including phenoxy) is 1. The summed E-state index contributed by atoms with van der Waals surface area (Å²) in [7, 11) is -3.92. The summed E-state index contributed by atoms with van der Waals surface area (Å²) < 4.78 is 51.9. The summed E-state index contributed by atoms with van der Waals surface area (Å²) in [5.41, 5.74) is 2.49. The first kappa shape index (κ1) is 22.0. The molecule has 2 unspecified atom stereocenters. The minimum Gasteiger partial charge on any atom is -0.444 e. The van der Waals surface area contributed by atoms with Gasteiger partial charge in [0, 0.05) is 24.8 Å². The zero-order valence-corrected chi connectivity index (χ0v) is 16.2. The average molecular weight is 420 g/mol. The number of nitrogens with zero attached hydrogens (tertiary/aromatic N) is 1. The standard InChI is InChI=1S/C17H22F2N2O6S/c1-17(15(22)20-24,28(2,25)26)9-13-10-21(16(23)27-13)12-6-3-11(4-7-12)5-8-14(18)19/h3-4,6-7,13-14,24H,5,8-10H2,1-2H3,(H,20,22). The normalized spacial score (nSPS) is 19.4. The molecule has 28 heavy (non-hydrogen) atoms. The Morgan fingerprint density at radius 1 is 1.39 bits per heavy atom. The van der Waals surface area contributed by atoms with E-state index >= 15 is 0 Å². The van der Waals surface area contributed by atoms with Crippen molar-refractivity contribution in [3.05, 3.63) is 29.8 Å². The molecule has 1 aromatic rings. The van der Waals surface area contributed by atoms with Gasteiger partial charge in [-0.05, 0) is 31.0 Å². The lowest BCUT2D eigenvalue weighted by Gasteiger charge is -2.26. The molecule has 1 heterocycles. The molecule has 2 amide bonds. The van der Waals surface area contributed by atoms with Gasteiger partial charge in [-0.1, -0.05) is 12.1 Å². The first-order valence-corrected chi connectivity index (χ1v) is 10.4. The van der Waals surface area contributed by atoms with Crippen molar-refractivity contribution < 1.29 is 36.7 Å². The van der Waals surface area contributed by atoms with Crippen molar-refractivity contribution in [2.24, 2.45) is 0 Å². The number of hydrogen-bond acceptors (Lipinski definition) is 6. The van der Waals surface area contributed by atoms with Gasteiger partial charge in [0.2, 0.25) is 6.43 Å². The van der Waals surface area contributed by atoms with E-state index in [0.29, 0.717) is 11.3 Å². The summed E-state index contributed by atoms with van der Waals surface area (Å²) in [5, 5.41) is 8.86. The zero-order valence-electron chi connectivity index (χ0n) is 15.4. The third-order valence-electron chi connectivity index (χ3n) is 4.79. The first-order chi connectivity index (χ1) is 13.0. The number of amides is 2. The molecule has 1 fully saturated rings.